The molecule has 0 aliphatic heterocycles. The lowest BCUT2D eigenvalue weighted by atomic mass is 10.0. The zero-order valence-electron chi connectivity index (χ0n) is 17.4. The molecule has 4 aromatic rings. The van der Waals surface area contributed by atoms with Gasteiger partial charge in [-0.2, -0.15) is 18.3 Å². The van der Waals surface area contributed by atoms with Gasteiger partial charge in [-0.15, -0.1) is 0 Å². The summed E-state index contributed by atoms with van der Waals surface area (Å²) >= 11 is 0. The van der Waals surface area contributed by atoms with Crippen LogP contribution in [0.1, 0.15) is 16.8 Å². The highest BCUT2D eigenvalue weighted by Crippen LogP contribution is 2.30. The van der Waals surface area contributed by atoms with Crippen molar-refractivity contribution in [3.05, 3.63) is 77.8 Å². The summed E-state index contributed by atoms with van der Waals surface area (Å²) in [5, 5.41) is 9.45. The van der Waals surface area contributed by atoms with Crippen LogP contribution in [0.3, 0.4) is 0 Å². The first-order valence-electron chi connectivity index (χ1n) is 9.78. The Morgan fingerprint density at radius 1 is 1.09 bits per heavy atom. The lowest BCUT2D eigenvalue weighted by Crippen LogP contribution is -2.11. The molecule has 2 heterocycles. The Labute approximate surface area is 187 Å². The third-order valence-corrected chi connectivity index (χ3v) is 6.10. The molecule has 0 aliphatic rings. The van der Waals surface area contributed by atoms with Gasteiger partial charge in [-0.1, -0.05) is 24.3 Å². The smallest absolute Gasteiger partial charge is 0.416 e. The highest BCUT2D eigenvalue weighted by atomic mass is 32.2. The minimum atomic E-state index is -4.37. The van der Waals surface area contributed by atoms with Crippen molar-refractivity contribution in [2.75, 3.05) is 0 Å². The Bertz CT molecular complexity index is 1390. The first-order valence-corrected chi connectivity index (χ1v) is 11.3. The van der Waals surface area contributed by atoms with E-state index in [1.54, 1.807) is 30.1 Å². The summed E-state index contributed by atoms with van der Waals surface area (Å²) in [5.74, 6) is 0.293. The van der Waals surface area contributed by atoms with Crippen molar-refractivity contribution < 1.29 is 26.0 Å². The maximum atomic E-state index is 12.8. The molecule has 0 aliphatic carbocycles. The predicted octanol–water partition coefficient (Wildman–Crippen LogP) is 4.19. The third kappa shape index (κ3) is 4.99. The van der Waals surface area contributed by atoms with E-state index < -0.39 is 21.8 Å². The van der Waals surface area contributed by atoms with Crippen molar-refractivity contribution in [1.82, 2.24) is 14.8 Å². The molecular formula is C22H19F3N4O3S. The fourth-order valence-corrected chi connectivity index (χ4v) is 3.98. The summed E-state index contributed by atoms with van der Waals surface area (Å²) in [6.07, 6.45) is -0.378. The molecule has 0 saturated carbocycles. The second-order valence-electron chi connectivity index (χ2n) is 7.43. The molecule has 0 atom stereocenters. The summed E-state index contributed by atoms with van der Waals surface area (Å²) < 4.78 is 68.8. The van der Waals surface area contributed by atoms with Gasteiger partial charge < -0.3 is 4.42 Å². The molecule has 0 saturated heterocycles. The van der Waals surface area contributed by atoms with Gasteiger partial charge in [0.05, 0.1) is 27.9 Å². The van der Waals surface area contributed by atoms with E-state index in [1.165, 1.54) is 30.5 Å². The number of nitrogens with zero attached hydrogens (tertiary/aromatic N) is 3. The van der Waals surface area contributed by atoms with Crippen LogP contribution in [-0.4, -0.2) is 23.2 Å². The number of aryl methyl sites for hydroxylation is 2. The molecule has 7 nitrogen and oxygen atoms in total. The van der Waals surface area contributed by atoms with E-state index in [0.29, 0.717) is 35.6 Å². The quantitative estimate of drug-likeness (QED) is 0.449. The number of primary sulfonamides is 1. The first-order chi connectivity index (χ1) is 15.5. The number of aromatic nitrogens is 3. The van der Waals surface area contributed by atoms with Crippen LogP contribution in [0.15, 0.2) is 70.3 Å². The van der Waals surface area contributed by atoms with Crippen molar-refractivity contribution in [3.8, 4) is 22.7 Å². The van der Waals surface area contributed by atoms with Crippen LogP contribution in [0.5, 0.6) is 0 Å². The monoisotopic (exact) mass is 476 g/mol. The number of hydrogen-bond donors (Lipinski definition) is 1. The van der Waals surface area contributed by atoms with Crippen molar-refractivity contribution >= 4 is 10.0 Å². The molecule has 0 fully saturated rings. The molecular weight excluding hydrogens is 457 g/mol. The second kappa shape index (κ2) is 8.49. The number of halogens is 3. The zero-order chi connectivity index (χ0) is 23.8. The molecule has 4 rings (SSSR count). The van der Waals surface area contributed by atoms with E-state index in [9.17, 15) is 21.6 Å². The Kier molecular flexibility index (Phi) is 5.85. The summed E-state index contributed by atoms with van der Waals surface area (Å²) in [6.45, 7) is 0. The van der Waals surface area contributed by atoms with E-state index in [1.807, 2.05) is 0 Å². The molecule has 0 amide bonds. The van der Waals surface area contributed by atoms with Crippen LogP contribution in [0.25, 0.3) is 22.7 Å². The number of alkyl halides is 3. The SMILES string of the molecule is Cn1ncc(-c2nc(-c3cccc(S(N)(=O)=O)c3)co2)c1CCc1ccc(C(F)(F)F)cc1. The van der Waals surface area contributed by atoms with E-state index in [4.69, 9.17) is 9.56 Å². The summed E-state index contributed by atoms with van der Waals surface area (Å²) in [6, 6.07) is 11.1. The Balaban J connectivity index is 1.56. The van der Waals surface area contributed by atoms with Crippen LogP contribution >= 0.6 is 0 Å². The maximum absolute atomic E-state index is 12.8. The van der Waals surface area contributed by atoms with Crippen molar-refractivity contribution in [2.24, 2.45) is 12.2 Å². The first kappa shape index (κ1) is 22.7. The average molecular weight is 476 g/mol. The van der Waals surface area contributed by atoms with Crippen LogP contribution < -0.4 is 5.14 Å². The van der Waals surface area contributed by atoms with E-state index in [0.717, 1.165) is 23.4 Å². The number of sulfonamides is 1. The van der Waals surface area contributed by atoms with Crippen LogP contribution in [-0.2, 0) is 36.1 Å². The molecule has 11 heteroatoms. The molecule has 2 aromatic carbocycles. The standard InChI is InChI=1S/C22H19F3N4O3S/c1-29-20(10-7-14-5-8-16(9-6-14)22(23,24)25)18(12-27-29)21-28-19(13-32-21)15-3-2-4-17(11-15)33(26,30)31/h2-6,8-9,11-13H,7,10H2,1H3,(H2,26,30,31). The molecule has 2 N–H and O–H groups in total. The Morgan fingerprint density at radius 3 is 2.48 bits per heavy atom. The number of hydrogen-bond acceptors (Lipinski definition) is 5. The van der Waals surface area contributed by atoms with Crippen LogP contribution in [0, 0.1) is 0 Å². The number of rotatable bonds is 6. The molecule has 0 radical (unpaired) electrons. The molecule has 2 aromatic heterocycles. The molecule has 33 heavy (non-hydrogen) atoms. The minimum Gasteiger partial charge on any atom is -0.444 e. The normalized spacial score (nSPS) is 12.3. The zero-order valence-corrected chi connectivity index (χ0v) is 18.2. The van der Waals surface area contributed by atoms with Gasteiger partial charge in [0, 0.05) is 12.6 Å². The van der Waals surface area contributed by atoms with Gasteiger partial charge in [-0.05, 0) is 42.7 Å². The molecule has 172 valence electrons. The van der Waals surface area contributed by atoms with Gasteiger partial charge in [0.25, 0.3) is 0 Å². The number of benzene rings is 2. The van der Waals surface area contributed by atoms with Gasteiger partial charge in [-0.25, -0.2) is 18.5 Å². The summed E-state index contributed by atoms with van der Waals surface area (Å²) in [7, 11) is -2.11. The highest BCUT2D eigenvalue weighted by molar-refractivity contribution is 7.89. The average Bonchev–Trinajstić information content (AvgIpc) is 3.38. The van der Waals surface area contributed by atoms with E-state index in [-0.39, 0.29) is 4.90 Å². The fourth-order valence-electron chi connectivity index (χ4n) is 3.42. The van der Waals surface area contributed by atoms with Crippen LogP contribution in [0.4, 0.5) is 13.2 Å². The summed E-state index contributed by atoms with van der Waals surface area (Å²) in [4.78, 5) is 4.42. The molecule has 0 bridgehead atoms. The van der Waals surface area contributed by atoms with Crippen molar-refractivity contribution in [3.63, 3.8) is 0 Å². The predicted molar refractivity (Wildman–Crippen MR) is 114 cm³/mol. The van der Waals surface area contributed by atoms with Crippen molar-refractivity contribution in [2.45, 2.75) is 23.9 Å². The number of oxazole rings is 1. The molecule has 0 unspecified atom stereocenters. The van der Waals surface area contributed by atoms with Gasteiger partial charge in [-0.3, -0.25) is 4.68 Å². The van der Waals surface area contributed by atoms with Crippen molar-refractivity contribution in [1.29, 1.82) is 0 Å². The van der Waals surface area contributed by atoms with Gasteiger partial charge in [0.1, 0.15) is 12.0 Å². The lowest BCUT2D eigenvalue weighted by molar-refractivity contribution is -0.137. The highest BCUT2D eigenvalue weighted by Gasteiger charge is 2.30. The van der Waals surface area contributed by atoms with Gasteiger partial charge in [0.15, 0.2) is 0 Å². The molecule has 0 spiro atoms. The van der Waals surface area contributed by atoms with E-state index >= 15 is 0 Å². The Morgan fingerprint density at radius 2 is 1.82 bits per heavy atom. The second-order valence-corrected chi connectivity index (χ2v) is 9.00. The van der Waals surface area contributed by atoms with Gasteiger partial charge >= 0.3 is 6.18 Å². The Hall–Kier alpha value is -3.44. The van der Waals surface area contributed by atoms with Gasteiger partial charge in [0.2, 0.25) is 15.9 Å². The summed E-state index contributed by atoms with van der Waals surface area (Å²) in [5.41, 5.74) is 2.44. The lowest BCUT2D eigenvalue weighted by Gasteiger charge is -2.08. The topological polar surface area (TPSA) is 104 Å². The number of nitrogens with two attached hydrogens (primary N) is 1. The van der Waals surface area contributed by atoms with Crippen LogP contribution in [0.2, 0.25) is 0 Å². The maximum Gasteiger partial charge on any atom is 0.416 e. The minimum absolute atomic E-state index is 0.0387. The largest absolute Gasteiger partial charge is 0.444 e. The fraction of sp³-hybridized carbons (Fsp3) is 0.182. The van der Waals surface area contributed by atoms with E-state index in [2.05, 4.69) is 10.1 Å². The third-order valence-electron chi connectivity index (χ3n) is 5.19.